The van der Waals surface area contributed by atoms with Gasteiger partial charge in [-0.1, -0.05) is 18.2 Å². The third kappa shape index (κ3) is 4.80. The van der Waals surface area contributed by atoms with Crippen molar-refractivity contribution in [3.63, 3.8) is 0 Å². The number of ether oxygens (including phenoxy) is 1. The number of aromatic nitrogens is 3. The number of nitrogens with zero attached hydrogens (tertiary/aromatic N) is 4. The molecule has 2 atom stereocenters. The number of benzene rings is 2. The fraction of sp³-hybridized carbons (Fsp3) is 0.280. The normalized spacial score (nSPS) is 16.0. The summed E-state index contributed by atoms with van der Waals surface area (Å²) in [7, 11) is 0. The Kier molecular flexibility index (Phi) is 5.68. The van der Waals surface area contributed by atoms with E-state index in [1.807, 2.05) is 61.8 Å². The minimum Gasteiger partial charge on any atom is -0.484 e. The summed E-state index contributed by atoms with van der Waals surface area (Å²) >= 11 is 1.62. The zero-order valence-corrected chi connectivity index (χ0v) is 19.6. The third-order valence-electron chi connectivity index (χ3n) is 5.73. The van der Waals surface area contributed by atoms with E-state index >= 15 is 0 Å². The van der Waals surface area contributed by atoms with Crippen molar-refractivity contribution in [1.82, 2.24) is 19.9 Å². The monoisotopic (exact) mass is 459 g/mol. The summed E-state index contributed by atoms with van der Waals surface area (Å²) in [6.45, 7) is 6.88. The van der Waals surface area contributed by atoms with Crippen molar-refractivity contribution in [2.45, 2.75) is 32.9 Å². The van der Waals surface area contributed by atoms with Gasteiger partial charge in [-0.15, -0.1) is 11.3 Å². The summed E-state index contributed by atoms with van der Waals surface area (Å²) in [5.41, 5.74) is 5.80. The number of nitrogens with one attached hydrogen (secondary N) is 1. The first-order valence-corrected chi connectivity index (χ1v) is 11.8. The number of carbonyl (C=O) groups is 1. The maximum Gasteiger partial charge on any atom is 0.260 e. The molecule has 4 aromatic rings. The van der Waals surface area contributed by atoms with E-state index in [0.717, 1.165) is 39.4 Å². The molecule has 2 aromatic heterocycles. The average Bonchev–Trinajstić information content (AvgIpc) is 3.36. The van der Waals surface area contributed by atoms with Gasteiger partial charge in [0.1, 0.15) is 17.4 Å². The number of hydrogen-bond donors (Lipinski definition) is 1. The van der Waals surface area contributed by atoms with Crippen LogP contribution in [0.1, 0.15) is 31.3 Å². The molecule has 3 heterocycles. The molecule has 168 valence electrons. The highest BCUT2D eigenvalue weighted by atomic mass is 32.1. The summed E-state index contributed by atoms with van der Waals surface area (Å²) in [6, 6.07) is 16.3. The highest BCUT2D eigenvalue weighted by Crippen LogP contribution is 2.28. The van der Waals surface area contributed by atoms with Crippen LogP contribution in [0.15, 0.2) is 54.0 Å². The molecule has 1 amide bonds. The number of fused-ring (bicyclic) bond motifs is 1. The second-order valence-corrected chi connectivity index (χ2v) is 9.23. The molecule has 1 N–H and O–H groups in total. The molecule has 1 saturated heterocycles. The molecule has 0 bridgehead atoms. The van der Waals surface area contributed by atoms with Gasteiger partial charge in [-0.2, -0.15) is 0 Å². The molecule has 8 heteroatoms. The average molecular weight is 460 g/mol. The van der Waals surface area contributed by atoms with E-state index in [-0.39, 0.29) is 18.6 Å². The molecule has 2 aromatic carbocycles. The van der Waals surface area contributed by atoms with Gasteiger partial charge >= 0.3 is 0 Å². The van der Waals surface area contributed by atoms with Gasteiger partial charge in [0, 0.05) is 24.2 Å². The lowest BCUT2D eigenvalue weighted by Crippen LogP contribution is -2.20. The smallest absolute Gasteiger partial charge is 0.260 e. The molecule has 1 aliphatic heterocycles. The third-order valence-corrected chi connectivity index (χ3v) is 6.52. The number of hydrogen-bond acceptors (Lipinski definition) is 7. The van der Waals surface area contributed by atoms with Gasteiger partial charge in [-0.3, -0.25) is 4.79 Å². The maximum atomic E-state index is 12.1. The molecule has 0 saturated carbocycles. The summed E-state index contributed by atoms with van der Waals surface area (Å²) in [5, 5.41) is 3.48. The van der Waals surface area contributed by atoms with E-state index in [1.165, 1.54) is 0 Å². The van der Waals surface area contributed by atoms with Crippen LogP contribution >= 0.6 is 11.3 Å². The lowest BCUT2D eigenvalue weighted by atomic mass is 10.1. The van der Waals surface area contributed by atoms with E-state index < -0.39 is 0 Å². The van der Waals surface area contributed by atoms with Crippen LogP contribution in [0.5, 0.6) is 5.75 Å². The second kappa shape index (κ2) is 8.78. The van der Waals surface area contributed by atoms with Gasteiger partial charge in [0.2, 0.25) is 0 Å². The predicted octanol–water partition coefficient (Wildman–Crippen LogP) is 4.84. The Hall–Kier alpha value is -3.52. The molecule has 1 aliphatic rings. The van der Waals surface area contributed by atoms with E-state index in [9.17, 15) is 4.79 Å². The highest BCUT2D eigenvalue weighted by molar-refractivity contribution is 7.16. The molecule has 0 spiro atoms. The Morgan fingerprint density at radius 2 is 2.09 bits per heavy atom. The van der Waals surface area contributed by atoms with Gasteiger partial charge in [-0.25, -0.2) is 15.0 Å². The summed E-state index contributed by atoms with van der Waals surface area (Å²) < 4.78 is 6.87. The van der Waals surface area contributed by atoms with Crippen LogP contribution in [0.25, 0.3) is 21.5 Å². The van der Waals surface area contributed by atoms with Crippen molar-refractivity contribution in [3.8, 4) is 17.0 Å². The van der Waals surface area contributed by atoms with Gasteiger partial charge in [-0.05, 0) is 50.6 Å². The summed E-state index contributed by atoms with van der Waals surface area (Å²) in [4.78, 5) is 27.4. The fourth-order valence-electron chi connectivity index (χ4n) is 3.80. The first-order valence-electron chi connectivity index (χ1n) is 10.9. The Balaban J connectivity index is 1.30. The molecular weight excluding hydrogens is 434 g/mol. The lowest BCUT2D eigenvalue weighted by molar-refractivity contribution is -0.128. The van der Waals surface area contributed by atoms with E-state index in [0.29, 0.717) is 17.6 Å². The number of aryl methyl sites for hydroxylation is 1. The molecule has 7 nitrogen and oxygen atoms in total. The molecule has 0 radical (unpaired) electrons. The minimum absolute atomic E-state index is 0.0115. The maximum absolute atomic E-state index is 12.1. The van der Waals surface area contributed by atoms with Crippen molar-refractivity contribution in [3.05, 3.63) is 65.4 Å². The Morgan fingerprint density at radius 1 is 1.24 bits per heavy atom. The molecular formula is C25H25N5O2S. The Bertz CT molecular complexity index is 1320. The quantitative estimate of drug-likeness (QED) is 0.398. The predicted molar refractivity (Wildman–Crippen MR) is 131 cm³/mol. The van der Waals surface area contributed by atoms with Crippen molar-refractivity contribution in [2.24, 2.45) is 0 Å². The topological polar surface area (TPSA) is 80.0 Å². The van der Waals surface area contributed by atoms with Crippen LogP contribution in [0.2, 0.25) is 0 Å². The first kappa shape index (κ1) is 21.3. The van der Waals surface area contributed by atoms with E-state index in [2.05, 4.69) is 33.3 Å². The largest absolute Gasteiger partial charge is 0.484 e. The second-order valence-electron chi connectivity index (χ2n) is 8.34. The first-order chi connectivity index (χ1) is 16.0. The van der Waals surface area contributed by atoms with E-state index in [4.69, 9.17) is 4.74 Å². The van der Waals surface area contributed by atoms with Crippen molar-refractivity contribution >= 4 is 33.3 Å². The molecule has 5 rings (SSSR count). The van der Waals surface area contributed by atoms with Crippen molar-refractivity contribution in [2.75, 3.05) is 18.5 Å². The summed E-state index contributed by atoms with van der Waals surface area (Å²) in [5.74, 6) is 2.17. The van der Waals surface area contributed by atoms with Gasteiger partial charge in [0.05, 0.1) is 27.5 Å². The standard InChI is InChI=1S/C25H25N5O2S/c1-15-12-30(15)25(31)13-32-20-6-4-5-18(9-20)16(2)27-24-11-22(28-17(3)29-24)19-7-8-21-23(10-19)33-14-26-21/h4-11,14-16H,12-13H2,1-3H3,(H,27,28,29). The van der Waals surface area contributed by atoms with Gasteiger partial charge < -0.3 is 15.0 Å². The minimum atomic E-state index is -0.0115. The van der Waals surface area contributed by atoms with Gasteiger partial charge in [0.15, 0.2) is 6.61 Å². The van der Waals surface area contributed by atoms with Crippen LogP contribution in [-0.4, -0.2) is 45.0 Å². The molecule has 1 fully saturated rings. The number of rotatable bonds is 7. The summed E-state index contributed by atoms with van der Waals surface area (Å²) in [6.07, 6.45) is 0. The Labute approximate surface area is 196 Å². The zero-order chi connectivity index (χ0) is 22.9. The van der Waals surface area contributed by atoms with Crippen LogP contribution in [0, 0.1) is 6.92 Å². The van der Waals surface area contributed by atoms with Crippen LogP contribution in [0.3, 0.4) is 0 Å². The fourth-order valence-corrected chi connectivity index (χ4v) is 4.51. The van der Waals surface area contributed by atoms with E-state index in [1.54, 1.807) is 16.2 Å². The molecule has 0 aliphatic carbocycles. The number of carbonyl (C=O) groups excluding carboxylic acids is 1. The van der Waals surface area contributed by atoms with Crippen molar-refractivity contribution < 1.29 is 9.53 Å². The number of anilines is 1. The number of amides is 1. The van der Waals surface area contributed by atoms with Crippen molar-refractivity contribution in [1.29, 1.82) is 0 Å². The van der Waals surface area contributed by atoms with Gasteiger partial charge in [0.25, 0.3) is 5.91 Å². The van der Waals surface area contributed by atoms with Crippen LogP contribution in [0.4, 0.5) is 5.82 Å². The SMILES string of the molecule is Cc1nc(NC(C)c2cccc(OCC(=O)N3CC3C)c2)cc(-c2ccc3ncsc3c2)n1. The Morgan fingerprint density at radius 3 is 2.91 bits per heavy atom. The highest BCUT2D eigenvalue weighted by Gasteiger charge is 2.33. The van der Waals surface area contributed by atoms with Crippen LogP contribution < -0.4 is 10.1 Å². The molecule has 2 unspecified atom stereocenters. The number of thiazole rings is 1. The lowest BCUT2D eigenvalue weighted by Gasteiger charge is -2.17. The van der Waals surface area contributed by atoms with Crippen LogP contribution in [-0.2, 0) is 4.79 Å². The zero-order valence-electron chi connectivity index (χ0n) is 18.8. The molecule has 33 heavy (non-hydrogen) atoms.